The Morgan fingerprint density at radius 2 is 1.65 bits per heavy atom. The van der Waals surface area contributed by atoms with Crippen molar-refractivity contribution in [1.82, 2.24) is 0 Å². The molecule has 2 N–H and O–H groups in total. The van der Waals surface area contributed by atoms with Gasteiger partial charge in [0.2, 0.25) is 0 Å². The van der Waals surface area contributed by atoms with Crippen LogP contribution in [0, 0.1) is 6.92 Å². The van der Waals surface area contributed by atoms with Crippen molar-refractivity contribution in [2.24, 2.45) is 0 Å². The normalized spacial score (nSPS) is 10.3. The molecule has 0 saturated heterocycles. The van der Waals surface area contributed by atoms with Gasteiger partial charge in [0, 0.05) is 17.3 Å². The van der Waals surface area contributed by atoms with E-state index in [1.165, 1.54) is 11.6 Å². The molecule has 0 aliphatic rings. The molecular weight excluding hydrogens is 286 g/mol. The molecule has 1 amide bonds. The number of hydrogen-bond acceptors (Lipinski definition) is 2. The fourth-order valence-corrected chi connectivity index (χ4v) is 2.45. The van der Waals surface area contributed by atoms with Crippen molar-refractivity contribution >= 4 is 11.6 Å². The summed E-state index contributed by atoms with van der Waals surface area (Å²) < 4.78 is 0. The number of anilines is 1. The summed E-state index contributed by atoms with van der Waals surface area (Å²) in [5, 5.41) is 12.3. The first kappa shape index (κ1) is 14.9. The Balaban J connectivity index is 1.93. The van der Waals surface area contributed by atoms with Crippen molar-refractivity contribution in [3.8, 4) is 16.9 Å². The predicted octanol–water partition coefficient (Wildman–Crippen LogP) is 4.62. The van der Waals surface area contributed by atoms with Gasteiger partial charge in [-0.3, -0.25) is 4.79 Å². The van der Waals surface area contributed by atoms with Crippen LogP contribution in [0.2, 0.25) is 0 Å². The smallest absolute Gasteiger partial charge is 0.256 e. The van der Waals surface area contributed by atoms with Gasteiger partial charge >= 0.3 is 0 Å². The number of aromatic hydroxyl groups is 1. The second kappa shape index (κ2) is 6.36. The SMILES string of the molecule is Cc1ccc(-c2ccccc2C(=O)Nc2cccc(O)c2)cc1. The van der Waals surface area contributed by atoms with E-state index in [9.17, 15) is 9.90 Å². The molecule has 0 aliphatic carbocycles. The number of carbonyl (C=O) groups is 1. The van der Waals surface area contributed by atoms with E-state index in [4.69, 9.17) is 0 Å². The molecule has 0 atom stereocenters. The van der Waals surface area contributed by atoms with Crippen molar-refractivity contribution in [2.45, 2.75) is 6.92 Å². The number of phenolic OH excluding ortho intramolecular Hbond substituents is 1. The average molecular weight is 303 g/mol. The molecule has 0 radical (unpaired) electrons. The number of rotatable bonds is 3. The zero-order chi connectivity index (χ0) is 16.2. The second-order valence-corrected chi connectivity index (χ2v) is 5.42. The molecule has 0 unspecified atom stereocenters. The van der Waals surface area contributed by atoms with E-state index < -0.39 is 0 Å². The van der Waals surface area contributed by atoms with Crippen molar-refractivity contribution < 1.29 is 9.90 Å². The van der Waals surface area contributed by atoms with Gasteiger partial charge in [0.1, 0.15) is 5.75 Å². The quantitative estimate of drug-likeness (QED) is 0.741. The number of nitrogens with one attached hydrogen (secondary N) is 1. The fraction of sp³-hybridized carbons (Fsp3) is 0.0500. The van der Waals surface area contributed by atoms with Crippen molar-refractivity contribution in [3.63, 3.8) is 0 Å². The fourth-order valence-electron chi connectivity index (χ4n) is 2.45. The maximum absolute atomic E-state index is 12.6. The van der Waals surface area contributed by atoms with E-state index in [-0.39, 0.29) is 11.7 Å². The number of amides is 1. The molecule has 3 rings (SSSR count). The summed E-state index contributed by atoms with van der Waals surface area (Å²) in [5.74, 6) is -0.0820. The summed E-state index contributed by atoms with van der Waals surface area (Å²) >= 11 is 0. The largest absolute Gasteiger partial charge is 0.508 e. The third-order valence-electron chi connectivity index (χ3n) is 3.64. The summed E-state index contributed by atoms with van der Waals surface area (Å²) in [6.07, 6.45) is 0. The van der Waals surface area contributed by atoms with Crippen LogP contribution in [-0.2, 0) is 0 Å². The highest BCUT2D eigenvalue weighted by Gasteiger charge is 2.12. The molecule has 0 bridgehead atoms. The van der Waals surface area contributed by atoms with Gasteiger partial charge in [-0.1, -0.05) is 54.1 Å². The predicted molar refractivity (Wildman–Crippen MR) is 92.7 cm³/mol. The van der Waals surface area contributed by atoms with Gasteiger partial charge in [0.25, 0.3) is 5.91 Å². The molecule has 114 valence electrons. The Labute approximate surface area is 135 Å². The average Bonchev–Trinajstić information content (AvgIpc) is 2.55. The van der Waals surface area contributed by atoms with E-state index in [1.807, 2.05) is 49.4 Å². The number of carbonyl (C=O) groups excluding carboxylic acids is 1. The topological polar surface area (TPSA) is 49.3 Å². The lowest BCUT2D eigenvalue weighted by Gasteiger charge is -2.11. The van der Waals surface area contributed by atoms with E-state index in [1.54, 1.807) is 24.3 Å². The Hall–Kier alpha value is -3.07. The first-order valence-corrected chi connectivity index (χ1v) is 7.40. The molecule has 23 heavy (non-hydrogen) atoms. The van der Waals surface area contributed by atoms with E-state index in [0.29, 0.717) is 11.3 Å². The lowest BCUT2D eigenvalue weighted by atomic mass is 9.98. The summed E-state index contributed by atoms with van der Waals surface area (Å²) in [5.41, 5.74) is 4.21. The minimum Gasteiger partial charge on any atom is -0.508 e. The highest BCUT2D eigenvalue weighted by Crippen LogP contribution is 2.25. The molecule has 0 saturated carbocycles. The second-order valence-electron chi connectivity index (χ2n) is 5.42. The van der Waals surface area contributed by atoms with Gasteiger partial charge in [-0.25, -0.2) is 0 Å². The zero-order valence-electron chi connectivity index (χ0n) is 12.8. The van der Waals surface area contributed by atoms with Crippen LogP contribution in [0.25, 0.3) is 11.1 Å². The molecule has 3 nitrogen and oxygen atoms in total. The van der Waals surface area contributed by atoms with Crippen LogP contribution in [0.4, 0.5) is 5.69 Å². The van der Waals surface area contributed by atoms with Crippen molar-refractivity contribution in [2.75, 3.05) is 5.32 Å². The Morgan fingerprint density at radius 3 is 2.39 bits per heavy atom. The highest BCUT2D eigenvalue weighted by molar-refractivity contribution is 6.08. The molecule has 3 aromatic carbocycles. The molecule has 3 heteroatoms. The number of phenols is 1. The van der Waals surface area contributed by atoms with Gasteiger partial charge in [0.15, 0.2) is 0 Å². The summed E-state index contributed by atoms with van der Waals surface area (Å²) in [7, 11) is 0. The third kappa shape index (κ3) is 3.40. The molecule has 0 aromatic heterocycles. The summed E-state index contributed by atoms with van der Waals surface area (Å²) in [4.78, 5) is 12.6. The lowest BCUT2D eigenvalue weighted by molar-refractivity contribution is 0.102. The molecule has 0 heterocycles. The van der Waals surface area contributed by atoms with Crippen LogP contribution in [0.5, 0.6) is 5.75 Å². The Morgan fingerprint density at radius 1 is 0.913 bits per heavy atom. The minimum atomic E-state index is -0.202. The third-order valence-corrected chi connectivity index (χ3v) is 3.64. The minimum absolute atomic E-state index is 0.120. The molecule has 0 fully saturated rings. The number of aryl methyl sites for hydroxylation is 1. The van der Waals surface area contributed by atoms with Crippen LogP contribution < -0.4 is 5.32 Å². The standard InChI is InChI=1S/C20H17NO2/c1-14-9-11-15(12-10-14)18-7-2-3-8-19(18)20(23)21-16-5-4-6-17(22)13-16/h2-13,22H,1H3,(H,21,23). The lowest BCUT2D eigenvalue weighted by Crippen LogP contribution is -2.13. The van der Waals surface area contributed by atoms with E-state index in [0.717, 1.165) is 11.1 Å². The van der Waals surface area contributed by atoms with Gasteiger partial charge in [0.05, 0.1) is 0 Å². The van der Waals surface area contributed by atoms with Crippen LogP contribution in [0.1, 0.15) is 15.9 Å². The first-order valence-electron chi connectivity index (χ1n) is 7.40. The van der Waals surface area contributed by atoms with Crippen molar-refractivity contribution in [1.29, 1.82) is 0 Å². The van der Waals surface area contributed by atoms with Gasteiger partial charge in [-0.2, -0.15) is 0 Å². The monoisotopic (exact) mass is 303 g/mol. The molecule has 3 aromatic rings. The van der Waals surface area contributed by atoms with Crippen LogP contribution in [0.3, 0.4) is 0 Å². The zero-order valence-corrected chi connectivity index (χ0v) is 12.8. The Kier molecular flexibility index (Phi) is 4.11. The van der Waals surface area contributed by atoms with Crippen molar-refractivity contribution in [3.05, 3.63) is 83.9 Å². The van der Waals surface area contributed by atoms with Crippen LogP contribution in [-0.4, -0.2) is 11.0 Å². The van der Waals surface area contributed by atoms with E-state index in [2.05, 4.69) is 5.32 Å². The molecular formula is C20H17NO2. The maximum Gasteiger partial charge on any atom is 0.256 e. The highest BCUT2D eigenvalue weighted by atomic mass is 16.3. The number of hydrogen-bond donors (Lipinski definition) is 2. The number of benzene rings is 3. The van der Waals surface area contributed by atoms with E-state index >= 15 is 0 Å². The summed E-state index contributed by atoms with van der Waals surface area (Å²) in [6, 6.07) is 22.1. The van der Waals surface area contributed by atoms with Gasteiger partial charge < -0.3 is 10.4 Å². The molecule has 0 spiro atoms. The Bertz CT molecular complexity index is 838. The first-order chi connectivity index (χ1) is 11.1. The summed E-state index contributed by atoms with van der Waals surface area (Å²) in [6.45, 7) is 2.03. The molecule has 0 aliphatic heterocycles. The van der Waals surface area contributed by atoms with Crippen LogP contribution in [0.15, 0.2) is 72.8 Å². The van der Waals surface area contributed by atoms with Gasteiger partial charge in [-0.05, 0) is 36.2 Å². The maximum atomic E-state index is 12.6. The van der Waals surface area contributed by atoms with Crippen LogP contribution >= 0.6 is 0 Å². The van der Waals surface area contributed by atoms with Gasteiger partial charge in [-0.15, -0.1) is 0 Å².